The summed E-state index contributed by atoms with van der Waals surface area (Å²) in [7, 11) is 0. The SMILES string of the molecule is NC1C2CCC(C2)C1C(=O)c1cccc2ccsc12. The van der Waals surface area contributed by atoms with Crippen LogP contribution >= 0.6 is 11.3 Å². The third-order valence-electron chi connectivity index (χ3n) is 5.03. The summed E-state index contributed by atoms with van der Waals surface area (Å²) in [6.07, 6.45) is 3.58. The van der Waals surface area contributed by atoms with Gasteiger partial charge in [-0.15, -0.1) is 11.3 Å². The molecule has 2 aliphatic carbocycles. The van der Waals surface area contributed by atoms with Gasteiger partial charge in [0.25, 0.3) is 0 Å². The highest BCUT2D eigenvalue weighted by atomic mass is 32.1. The van der Waals surface area contributed by atoms with Crippen LogP contribution in [0.2, 0.25) is 0 Å². The van der Waals surface area contributed by atoms with Crippen LogP contribution in [0.25, 0.3) is 10.1 Å². The highest BCUT2D eigenvalue weighted by Crippen LogP contribution is 2.49. The fourth-order valence-electron chi connectivity index (χ4n) is 4.09. The Kier molecular flexibility index (Phi) is 2.54. The Morgan fingerprint density at radius 1 is 1.21 bits per heavy atom. The van der Waals surface area contributed by atoms with E-state index in [1.54, 1.807) is 11.3 Å². The Morgan fingerprint density at radius 3 is 2.84 bits per heavy atom. The van der Waals surface area contributed by atoms with Crippen LogP contribution in [0.5, 0.6) is 0 Å². The molecule has 2 fully saturated rings. The van der Waals surface area contributed by atoms with Gasteiger partial charge in [0, 0.05) is 22.2 Å². The van der Waals surface area contributed by atoms with Gasteiger partial charge in [-0.1, -0.05) is 12.1 Å². The van der Waals surface area contributed by atoms with E-state index in [9.17, 15) is 4.79 Å². The van der Waals surface area contributed by atoms with E-state index in [4.69, 9.17) is 5.73 Å². The minimum atomic E-state index is 0.0615. The summed E-state index contributed by atoms with van der Waals surface area (Å²) in [5.74, 6) is 1.46. The molecular formula is C16H17NOS. The largest absolute Gasteiger partial charge is 0.327 e. The third-order valence-corrected chi connectivity index (χ3v) is 5.99. The number of Topliss-reactive ketones (excluding diaryl/α,β-unsaturated/α-hetero) is 1. The molecule has 4 atom stereocenters. The highest BCUT2D eigenvalue weighted by Gasteiger charge is 2.49. The van der Waals surface area contributed by atoms with Crippen LogP contribution in [0.3, 0.4) is 0 Å². The van der Waals surface area contributed by atoms with Gasteiger partial charge in [0.15, 0.2) is 5.78 Å². The lowest BCUT2D eigenvalue weighted by molar-refractivity contribution is 0.0858. The predicted molar refractivity (Wildman–Crippen MR) is 78.5 cm³/mol. The van der Waals surface area contributed by atoms with Crippen molar-refractivity contribution in [1.29, 1.82) is 0 Å². The van der Waals surface area contributed by atoms with E-state index in [2.05, 4.69) is 17.5 Å². The third kappa shape index (κ3) is 1.61. The number of carbonyl (C=O) groups is 1. The Labute approximate surface area is 116 Å². The van der Waals surface area contributed by atoms with Crippen molar-refractivity contribution >= 4 is 27.2 Å². The first-order chi connectivity index (χ1) is 9.25. The zero-order valence-electron chi connectivity index (χ0n) is 10.7. The molecule has 2 N–H and O–H groups in total. The molecule has 3 heteroatoms. The van der Waals surface area contributed by atoms with E-state index in [0.717, 1.165) is 16.7 Å². The normalized spacial score (nSPS) is 33.1. The van der Waals surface area contributed by atoms with E-state index in [-0.39, 0.29) is 17.7 Å². The van der Waals surface area contributed by atoms with E-state index < -0.39 is 0 Å². The lowest BCUT2D eigenvalue weighted by Gasteiger charge is -2.27. The van der Waals surface area contributed by atoms with Crippen molar-refractivity contribution in [3.8, 4) is 0 Å². The van der Waals surface area contributed by atoms with Gasteiger partial charge in [-0.25, -0.2) is 0 Å². The van der Waals surface area contributed by atoms with Crippen molar-refractivity contribution in [3.63, 3.8) is 0 Å². The molecule has 98 valence electrons. The van der Waals surface area contributed by atoms with Crippen LogP contribution < -0.4 is 5.73 Å². The van der Waals surface area contributed by atoms with Crippen molar-refractivity contribution in [2.45, 2.75) is 25.3 Å². The number of thiophene rings is 1. The van der Waals surface area contributed by atoms with E-state index >= 15 is 0 Å². The van der Waals surface area contributed by atoms with Crippen LogP contribution in [0.15, 0.2) is 29.6 Å². The van der Waals surface area contributed by atoms with Gasteiger partial charge in [0.1, 0.15) is 0 Å². The van der Waals surface area contributed by atoms with Crippen LogP contribution in [-0.2, 0) is 0 Å². The molecule has 0 spiro atoms. The molecule has 4 rings (SSSR count). The van der Waals surface area contributed by atoms with Gasteiger partial charge in [-0.3, -0.25) is 4.79 Å². The highest BCUT2D eigenvalue weighted by molar-refractivity contribution is 7.17. The lowest BCUT2D eigenvalue weighted by atomic mass is 9.80. The summed E-state index contributed by atoms with van der Waals surface area (Å²) in [6.45, 7) is 0. The van der Waals surface area contributed by atoms with Gasteiger partial charge in [0.2, 0.25) is 0 Å². The molecule has 2 bridgehead atoms. The smallest absolute Gasteiger partial charge is 0.169 e. The van der Waals surface area contributed by atoms with Crippen LogP contribution in [-0.4, -0.2) is 11.8 Å². The van der Waals surface area contributed by atoms with Gasteiger partial charge in [-0.05, 0) is 54.0 Å². The topological polar surface area (TPSA) is 43.1 Å². The summed E-state index contributed by atoms with van der Waals surface area (Å²) in [6, 6.07) is 8.20. The molecule has 1 aromatic heterocycles. The van der Waals surface area contributed by atoms with E-state index in [1.807, 2.05) is 12.1 Å². The number of rotatable bonds is 2. The molecule has 19 heavy (non-hydrogen) atoms. The zero-order valence-corrected chi connectivity index (χ0v) is 11.5. The molecule has 2 saturated carbocycles. The summed E-state index contributed by atoms with van der Waals surface area (Å²) in [5, 5.41) is 3.23. The first kappa shape index (κ1) is 11.6. The second kappa shape index (κ2) is 4.15. The van der Waals surface area contributed by atoms with E-state index in [0.29, 0.717) is 11.8 Å². The minimum Gasteiger partial charge on any atom is -0.327 e. The van der Waals surface area contributed by atoms with Gasteiger partial charge in [0.05, 0.1) is 0 Å². The van der Waals surface area contributed by atoms with Crippen molar-refractivity contribution in [2.75, 3.05) is 0 Å². The van der Waals surface area contributed by atoms with Crippen molar-refractivity contribution in [3.05, 3.63) is 35.2 Å². The standard InChI is InChI=1S/C16H17NOS/c17-14-11-5-4-10(8-11)13(14)15(18)12-3-1-2-9-6-7-19-16(9)12/h1-3,6-7,10-11,13-14H,4-5,8,17H2. The lowest BCUT2D eigenvalue weighted by Crippen LogP contribution is -2.40. The predicted octanol–water partition coefficient (Wildman–Crippen LogP) is 3.46. The first-order valence-electron chi connectivity index (χ1n) is 7.01. The minimum absolute atomic E-state index is 0.0615. The Balaban J connectivity index is 1.76. The summed E-state index contributed by atoms with van der Waals surface area (Å²) in [5.41, 5.74) is 7.19. The molecule has 0 amide bonds. The van der Waals surface area contributed by atoms with Crippen LogP contribution in [0.4, 0.5) is 0 Å². The van der Waals surface area contributed by atoms with Crippen LogP contribution in [0.1, 0.15) is 29.6 Å². The molecule has 2 aromatic rings. The number of benzene rings is 1. The van der Waals surface area contributed by atoms with Gasteiger partial charge < -0.3 is 5.73 Å². The van der Waals surface area contributed by atoms with Crippen LogP contribution in [0, 0.1) is 17.8 Å². The number of nitrogens with two attached hydrogens (primary N) is 1. The molecule has 1 aromatic carbocycles. The molecule has 1 heterocycles. The summed E-state index contributed by atoms with van der Waals surface area (Å²) < 4.78 is 1.13. The second-order valence-electron chi connectivity index (χ2n) is 5.95. The summed E-state index contributed by atoms with van der Waals surface area (Å²) >= 11 is 1.66. The maximum Gasteiger partial charge on any atom is 0.169 e. The molecule has 4 unspecified atom stereocenters. The molecule has 2 nitrogen and oxygen atoms in total. The Hall–Kier alpha value is -1.19. The van der Waals surface area contributed by atoms with Crippen molar-refractivity contribution < 1.29 is 4.79 Å². The number of hydrogen-bond donors (Lipinski definition) is 1. The Bertz CT molecular complexity index is 645. The molecule has 2 aliphatic rings. The fourth-order valence-corrected chi connectivity index (χ4v) is 5.01. The molecule has 0 aliphatic heterocycles. The van der Waals surface area contributed by atoms with Crippen molar-refractivity contribution in [2.24, 2.45) is 23.5 Å². The molecular weight excluding hydrogens is 254 g/mol. The Morgan fingerprint density at radius 2 is 2.05 bits per heavy atom. The summed E-state index contributed by atoms with van der Waals surface area (Å²) in [4.78, 5) is 12.9. The number of fused-ring (bicyclic) bond motifs is 3. The number of carbonyl (C=O) groups excluding carboxylic acids is 1. The fraction of sp³-hybridized carbons (Fsp3) is 0.438. The average molecular weight is 271 g/mol. The molecule has 0 radical (unpaired) electrons. The van der Waals surface area contributed by atoms with Gasteiger partial charge >= 0.3 is 0 Å². The molecule has 0 saturated heterocycles. The monoisotopic (exact) mass is 271 g/mol. The maximum absolute atomic E-state index is 12.9. The number of ketones is 1. The quantitative estimate of drug-likeness (QED) is 0.850. The zero-order chi connectivity index (χ0) is 13.0. The average Bonchev–Trinajstić information content (AvgIpc) is 3.12. The van der Waals surface area contributed by atoms with Gasteiger partial charge in [-0.2, -0.15) is 0 Å². The van der Waals surface area contributed by atoms with E-state index in [1.165, 1.54) is 18.2 Å². The van der Waals surface area contributed by atoms with Crippen molar-refractivity contribution in [1.82, 2.24) is 0 Å². The first-order valence-corrected chi connectivity index (χ1v) is 7.89. The maximum atomic E-state index is 12.9. The number of hydrogen-bond acceptors (Lipinski definition) is 3. The second-order valence-corrected chi connectivity index (χ2v) is 6.86.